The van der Waals surface area contributed by atoms with Gasteiger partial charge < -0.3 is 15.8 Å². The number of rotatable bonds is 3. The fourth-order valence-corrected chi connectivity index (χ4v) is 2.41. The average Bonchev–Trinajstić information content (AvgIpc) is 2.46. The van der Waals surface area contributed by atoms with E-state index in [9.17, 15) is 0 Å². The Bertz CT molecular complexity index is 566. The number of nitrogens with one attached hydrogen (secondary N) is 1. The number of nitrogens with zero attached hydrogens (tertiary/aromatic N) is 2. The molecule has 5 nitrogen and oxygen atoms in total. The lowest BCUT2D eigenvalue weighted by atomic mass is 9.99. The lowest BCUT2D eigenvalue weighted by Gasteiger charge is -2.22. The van der Waals surface area contributed by atoms with Gasteiger partial charge in [-0.05, 0) is 44.0 Å². The summed E-state index contributed by atoms with van der Waals surface area (Å²) in [7, 11) is 0. The van der Waals surface area contributed by atoms with Gasteiger partial charge in [0.2, 0.25) is 0 Å². The third-order valence-electron chi connectivity index (χ3n) is 3.58. The molecular weight excluding hydrogens is 240 g/mol. The minimum atomic E-state index is 0.509. The molecule has 0 unspecified atom stereocenters. The molecule has 0 bridgehead atoms. The van der Waals surface area contributed by atoms with Crippen molar-refractivity contribution in [2.24, 2.45) is 5.92 Å². The van der Waals surface area contributed by atoms with Crippen molar-refractivity contribution in [2.45, 2.75) is 12.8 Å². The van der Waals surface area contributed by atoms with Gasteiger partial charge in [0, 0.05) is 11.5 Å². The molecule has 2 heterocycles. The molecule has 0 amide bonds. The summed E-state index contributed by atoms with van der Waals surface area (Å²) in [5.74, 6) is 2.01. The maximum Gasteiger partial charge on any atom is 0.134 e. The summed E-state index contributed by atoms with van der Waals surface area (Å²) in [6.45, 7) is 2.96. The molecule has 1 saturated heterocycles. The maximum atomic E-state index is 5.86. The number of aromatic nitrogens is 2. The zero-order chi connectivity index (χ0) is 13.1. The van der Waals surface area contributed by atoms with Crippen LogP contribution in [-0.4, -0.2) is 29.7 Å². The highest BCUT2D eigenvalue weighted by molar-refractivity contribution is 5.88. The summed E-state index contributed by atoms with van der Waals surface area (Å²) in [6, 6.07) is 5.78. The number of piperidine rings is 1. The molecule has 0 radical (unpaired) electrons. The molecule has 5 heteroatoms. The Morgan fingerprint density at radius 1 is 1.26 bits per heavy atom. The molecule has 3 rings (SSSR count). The predicted molar refractivity (Wildman–Crippen MR) is 75.0 cm³/mol. The van der Waals surface area contributed by atoms with E-state index in [1.165, 1.54) is 19.2 Å². The van der Waals surface area contributed by atoms with Crippen LogP contribution in [0, 0.1) is 5.92 Å². The molecule has 0 saturated carbocycles. The summed E-state index contributed by atoms with van der Waals surface area (Å²) in [5, 5.41) is 4.23. The van der Waals surface area contributed by atoms with Gasteiger partial charge in [0.1, 0.15) is 17.9 Å². The second-order valence-electron chi connectivity index (χ2n) is 4.94. The average molecular weight is 258 g/mol. The number of hydrogen-bond acceptors (Lipinski definition) is 5. The summed E-state index contributed by atoms with van der Waals surface area (Å²) in [5.41, 5.74) is 6.63. The largest absolute Gasteiger partial charge is 0.493 e. The van der Waals surface area contributed by atoms with E-state index in [4.69, 9.17) is 10.5 Å². The zero-order valence-electron chi connectivity index (χ0n) is 10.8. The van der Waals surface area contributed by atoms with Gasteiger partial charge in [-0.2, -0.15) is 0 Å². The molecular formula is C14H18N4O. The van der Waals surface area contributed by atoms with Gasteiger partial charge in [-0.3, -0.25) is 0 Å². The Hall–Kier alpha value is -1.88. The quantitative estimate of drug-likeness (QED) is 0.874. The van der Waals surface area contributed by atoms with E-state index in [-0.39, 0.29) is 0 Å². The van der Waals surface area contributed by atoms with Crippen molar-refractivity contribution in [3.05, 3.63) is 24.5 Å². The molecule has 2 aromatic rings. The Morgan fingerprint density at radius 2 is 2.11 bits per heavy atom. The van der Waals surface area contributed by atoms with E-state index in [1.54, 1.807) is 0 Å². The van der Waals surface area contributed by atoms with Crippen molar-refractivity contribution in [3.63, 3.8) is 0 Å². The van der Waals surface area contributed by atoms with Crippen molar-refractivity contribution in [1.29, 1.82) is 0 Å². The van der Waals surface area contributed by atoms with Crippen LogP contribution in [0.15, 0.2) is 24.5 Å². The zero-order valence-corrected chi connectivity index (χ0v) is 10.8. The van der Waals surface area contributed by atoms with Crippen LogP contribution >= 0.6 is 0 Å². The first kappa shape index (κ1) is 12.2. The topological polar surface area (TPSA) is 73.1 Å². The number of nitrogens with two attached hydrogens (primary N) is 1. The number of ether oxygens (including phenoxy) is 1. The van der Waals surface area contributed by atoms with E-state index >= 15 is 0 Å². The Morgan fingerprint density at radius 3 is 2.95 bits per heavy atom. The summed E-state index contributed by atoms with van der Waals surface area (Å²) in [4.78, 5) is 8.19. The maximum absolute atomic E-state index is 5.86. The lowest BCUT2D eigenvalue weighted by molar-refractivity contribution is 0.215. The first-order chi connectivity index (χ1) is 9.33. The first-order valence-electron chi connectivity index (χ1n) is 6.66. The van der Waals surface area contributed by atoms with E-state index in [1.807, 2.05) is 18.2 Å². The normalized spacial score (nSPS) is 16.6. The Labute approximate surface area is 112 Å². The van der Waals surface area contributed by atoms with E-state index in [0.717, 1.165) is 36.3 Å². The van der Waals surface area contributed by atoms with Crippen molar-refractivity contribution < 1.29 is 4.74 Å². The van der Waals surface area contributed by atoms with Crippen molar-refractivity contribution in [3.8, 4) is 5.75 Å². The summed E-state index contributed by atoms with van der Waals surface area (Å²) >= 11 is 0. The van der Waals surface area contributed by atoms with Gasteiger partial charge in [-0.25, -0.2) is 9.97 Å². The molecule has 0 atom stereocenters. The molecule has 3 N–H and O–H groups in total. The molecule has 1 aromatic heterocycles. The molecule has 1 aliphatic heterocycles. The van der Waals surface area contributed by atoms with Crippen LogP contribution in [0.5, 0.6) is 5.75 Å². The van der Waals surface area contributed by atoms with Gasteiger partial charge in [-0.15, -0.1) is 0 Å². The van der Waals surface area contributed by atoms with Crippen LogP contribution in [0.1, 0.15) is 12.8 Å². The summed E-state index contributed by atoms with van der Waals surface area (Å²) < 4.78 is 5.86. The van der Waals surface area contributed by atoms with Crippen LogP contribution < -0.4 is 15.8 Å². The predicted octanol–water partition coefficient (Wildman–Crippen LogP) is 1.59. The SMILES string of the molecule is Nc1ncnc2cc(OCC3CCNCC3)ccc12. The van der Waals surface area contributed by atoms with Gasteiger partial charge in [0.05, 0.1) is 12.1 Å². The molecule has 0 aliphatic carbocycles. The highest BCUT2D eigenvalue weighted by Crippen LogP contribution is 2.23. The van der Waals surface area contributed by atoms with Crippen molar-refractivity contribution in [1.82, 2.24) is 15.3 Å². The van der Waals surface area contributed by atoms with Crippen LogP contribution in [-0.2, 0) is 0 Å². The number of hydrogen-bond donors (Lipinski definition) is 2. The molecule has 1 fully saturated rings. The Balaban J connectivity index is 1.71. The minimum Gasteiger partial charge on any atom is -0.493 e. The second-order valence-corrected chi connectivity index (χ2v) is 4.94. The smallest absolute Gasteiger partial charge is 0.134 e. The molecule has 1 aromatic carbocycles. The number of fused-ring (bicyclic) bond motifs is 1. The molecule has 100 valence electrons. The van der Waals surface area contributed by atoms with Crippen molar-refractivity contribution >= 4 is 16.7 Å². The summed E-state index contributed by atoms with van der Waals surface area (Å²) in [6.07, 6.45) is 3.85. The van der Waals surface area contributed by atoms with Crippen LogP contribution in [0.4, 0.5) is 5.82 Å². The number of anilines is 1. The van der Waals surface area contributed by atoms with Crippen LogP contribution in [0.3, 0.4) is 0 Å². The van der Waals surface area contributed by atoms with Crippen LogP contribution in [0.25, 0.3) is 10.9 Å². The van der Waals surface area contributed by atoms with Gasteiger partial charge in [0.15, 0.2) is 0 Å². The van der Waals surface area contributed by atoms with E-state index < -0.39 is 0 Å². The highest BCUT2D eigenvalue weighted by atomic mass is 16.5. The Kier molecular flexibility index (Phi) is 3.46. The van der Waals surface area contributed by atoms with Crippen LogP contribution in [0.2, 0.25) is 0 Å². The van der Waals surface area contributed by atoms with E-state index in [0.29, 0.717) is 11.7 Å². The second kappa shape index (κ2) is 5.40. The van der Waals surface area contributed by atoms with Gasteiger partial charge in [0.25, 0.3) is 0 Å². The lowest BCUT2D eigenvalue weighted by Crippen LogP contribution is -2.30. The molecule has 1 aliphatic rings. The van der Waals surface area contributed by atoms with Crippen molar-refractivity contribution in [2.75, 3.05) is 25.4 Å². The number of benzene rings is 1. The van der Waals surface area contributed by atoms with Gasteiger partial charge >= 0.3 is 0 Å². The monoisotopic (exact) mass is 258 g/mol. The third-order valence-corrected chi connectivity index (χ3v) is 3.58. The fraction of sp³-hybridized carbons (Fsp3) is 0.429. The molecule has 0 spiro atoms. The highest BCUT2D eigenvalue weighted by Gasteiger charge is 2.13. The fourth-order valence-electron chi connectivity index (χ4n) is 2.41. The van der Waals surface area contributed by atoms with Gasteiger partial charge in [-0.1, -0.05) is 0 Å². The standard InChI is InChI=1S/C14H18N4O/c15-14-12-2-1-11(7-13(12)17-9-18-14)19-8-10-3-5-16-6-4-10/h1-2,7,9-10,16H,3-6,8H2,(H2,15,17,18). The first-order valence-corrected chi connectivity index (χ1v) is 6.66. The van der Waals surface area contributed by atoms with E-state index in [2.05, 4.69) is 15.3 Å². The molecule has 19 heavy (non-hydrogen) atoms. The number of nitrogen functional groups attached to an aromatic ring is 1. The minimum absolute atomic E-state index is 0.509. The third kappa shape index (κ3) is 2.76.